The Balaban J connectivity index is 2.27. The molecule has 0 heterocycles. The van der Waals surface area contributed by atoms with Crippen molar-refractivity contribution >= 4 is 15.9 Å². The van der Waals surface area contributed by atoms with E-state index in [2.05, 4.69) is 15.9 Å². The third-order valence-electron chi connectivity index (χ3n) is 3.00. The van der Waals surface area contributed by atoms with Crippen LogP contribution in [0, 0.1) is 18.6 Å². The van der Waals surface area contributed by atoms with Crippen molar-refractivity contribution in [1.82, 2.24) is 0 Å². The Bertz CT molecular complexity index is 599. The highest BCUT2D eigenvalue weighted by Crippen LogP contribution is 2.23. The van der Waals surface area contributed by atoms with E-state index in [9.17, 15) is 8.78 Å². The highest BCUT2D eigenvalue weighted by Gasteiger charge is 2.14. The van der Waals surface area contributed by atoms with Crippen molar-refractivity contribution in [3.63, 3.8) is 0 Å². The van der Waals surface area contributed by atoms with Crippen LogP contribution in [0.1, 0.15) is 22.7 Å². The first kappa shape index (κ1) is 14.2. The molecule has 1 nitrogen and oxygen atoms in total. The maximum Gasteiger partial charge on any atom is 0.128 e. The van der Waals surface area contributed by atoms with E-state index in [-0.39, 0.29) is 18.1 Å². The van der Waals surface area contributed by atoms with Crippen LogP contribution in [0.2, 0.25) is 0 Å². The van der Waals surface area contributed by atoms with Gasteiger partial charge in [-0.25, -0.2) is 8.78 Å². The molecule has 0 aliphatic carbocycles. The van der Waals surface area contributed by atoms with Crippen molar-refractivity contribution in [3.05, 3.63) is 69.2 Å². The Morgan fingerprint density at radius 3 is 2.53 bits per heavy atom. The zero-order chi connectivity index (χ0) is 14.0. The molecular weight excluding hydrogens is 312 g/mol. The van der Waals surface area contributed by atoms with Gasteiger partial charge < -0.3 is 5.73 Å². The van der Waals surface area contributed by atoms with Crippen LogP contribution in [0.3, 0.4) is 0 Å². The van der Waals surface area contributed by atoms with E-state index in [1.54, 1.807) is 24.3 Å². The fourth-order valence-electron chi connectivity index (χ4n) is 1.99. The lowest BCUT2D eigenvalue weighted by atomic mass is 9.97. The van der Waals surface area contributed by atoms with E-state index in [1.807, 2.05) is 6.92 Å². The molecular formula is C15H14BrF2N. The van der Waals surface area contributed by atoms with Gasteiger partial charge in [-0.2, -0.15) is 0 Å². The van der Waals surface area contributed by atoms with Crippen LogP contribution in [0.25, 0.3) is 0 Å². The molecule has 0 saturated heterocycles. The number of halogens is 3. The van der Waals surface area contributed by atoms with Crippen LogP contribution in [0.15, 0.2) is 40.9 Å². The van der Waals surface area contributed by atoms with Crippen molar-refractivity contribution in [1.29, 1.82) is 0 Å². The molecule has 0 aliphatic heterocycles. The lowest BCUT2D eigenvalue weighted by molar-refractivity contribution is 0.562. The SMILES string of the molecule is Cc1ccc(F)c(C(N)Cc2cc(Br)ccc2F)c1. The van der Waals surface area contributed by atoms with E-state index in [1.165, 1.54) is 12.1 Å². The van der Waals surface area contributed by atoms with Gasteiger partial charge in [-0.3, -0.25) is 0 Å². The molecule has 1 unspecified atom stereocenters. The Hall–Kier alpha value is -1.26. The molecule has 0 spiro atoms. The lowest BCUT2D eigenvalue weighted by Crippen LogP contribution is -2.16. The molecule has 0 aromatic heterocycles. The van der Waals surface area contributed by atoms with Gasteiger partial charge in [-0.1, -0.05) is 33.6 Å². The van der Waals surface area contributed by atoms with Gasteiger partial charge in [0.05, 0.1) is 0 Å². The predicted octanol–water partition coefficient (Wildman–Crippen LogP) is 4.28. The molecule has 19 heavy (non-hydrogen) atoms. The van der Waals surface area contributed by atoms with Crippen molar-refractivity contribution in [2.45, 2.75) is 19.4 Å². The van der Waals surface area contributed by atoms with Gasteiger partial charge >= 0.3 is 0 Å². The molecule has 2 rings (SSSR count). The summed E-state index contributed by atoms with van der Waals surface area (Å²) < 4.78 is 28.2. The Morgan fingerprint density at radius 1 is 1.11 bits per heavy atom. The Morgan fingerprint density at radius 2 is 1.79 bits per heavy atom. The number of hydrogen-bond donors (Lipinski definition) is 1. The molecule has 2 aromatic carbocycles. The molecule has 1 atom stereocenters. The highest BCUT2D eigenvalue weighted by molar-refractivity contribution is 9.10. The number of rotatable bonds is 3. The lowest BCUT2D eigenvalue weighted by Gasteiger charge is -2.14. The number of aryl methyl sites for hydroxylation is 1. The molecule has 4 heteroatoms. The van der Waals surface area contributed by atoms with Crippen molar-refractivity contribution in [2.24, 2.45) is 5.73 Å². The smallest absolute Gasteiger partial charge is 0.128 e. The van der Waals surface area contributed by atoms with E-state index in [0.29, 0.717) is 11.1 Å². The second-order valence-corrected chi connectivity index (χ2v) is 5.49. The summed E-state index contributed by atoms with van der Waals surface area (Å²) in [4.78, 5) is 0. The van der Waals surface area contributed by atoms with E-state index in [0.717, 1.165) is 10.0 Å². The molecule has 0 bridgehead atoms. The van der Waals surface area contributed by atoms with Gasteiger partial charge in [0, 0.05) is 16.1 Å². The van der Waals surface area contributed by atoms with Crippen LogP contribution in [0.4, 0.5) is 8.78 Å². The Kier molecular flexibility index (Phi) is 4.32. The summed E-state index contributed by atoms with van der Waals surface area (Å²) in [6.07, 6.45) is 0.256. The normalized spacial score (nSPS) is 12.5. The first-order valence-corrected chi connectivity index (χ1v) is 6.72. The first-order chi connectivity index (χ1) is 8.97. The molecule has 0 fully saturated rings. The average Bonchev–Trinajstić information content (AvgIpc) is 2.36. The molecule has 0 amide bonds. The van der Waals surface area contributed by atoms with Crippen molar-refractivity contribution < 1.29 is 8.78 Å². The third kappa shape index (κ3) is 3.39. The first-order valence-electron chi connectivity index (χ1n) is 5.93. The minimum Gasteiger partial charge on any atom is -0.324 e. The maximum absolute atomic E-state index is 13.7. The molecule has 100 valence electrons. The summed E-state index contributed by atoms with van der Waals surface area (Å²) in [6, 6.07) is 8.88. The van der Waals surface area contributed by atoms with Crippen molar-refractivity contribution in [2.75, 3.05) is 0 Å². The van der Waals surface area contributed by atoms with Crippen LogP contribution in [0.5, 0.6) is 0 Å². The van der Waals surface area contributed by atoms with Gasteiger partial charge in [-0.15, -0.1) is 0 Å². The maximum atomic E-state index is 13.7. The highest BCUT2D eigenvalue weighted by atomic mass is 79.9. The summed E-state index contributed by atoms with van der Waals surface area (Å²) in [5, 5.41) is 0. The fourth-order valence-corrected chi connectivity index (χ4v) is 2.40. The minimum atomic E-state index is -0.566. The topological polar surface area (TPSA) is 26.0 Å². The molecule has 2 N–H and O–H groups in total. The molecule has 0 radical (unpaired) electrons. The second kappa shape index (κ2) is 5.80. The van der Waals surface area contributed by atoms with Crippen LogP contribution >= 0.6 is 15.9 Å². The van der Waals surface area contributed by atoms with Crippen LogP contribution in [-0.2, 0) is 6.42 Å². The monoisotopic (exact) mass is 325 g/mol. The molecule has 2 aromatic rings. The van der Waals surface area contributed by atoms with E-state index >= 15 is 0 Å². The van der Waals surface area contributed by atoms with Gasteiger partial charge in [0.25, 0.3) is 0 Å². The van der Waals surface area contributed by atoms with Crippen LogP contribution < -0.4 is 5.73 Å². The average molecular weight is 326 g/mol. The summed E-state index contributed by atoms with van der Waals surface area (Å²) in [7, 11) is 0. The Labute approximate surface area is 119 Å². The van der Waals surface area contributed by atoms with E-state index in [4.69, 9.17) is 5.73 Å². The molecule has 0 saturated carbocycles. The fraction of sp³-hybridized carbons (Fsp3) is 0.200. The molecule has 0 aliphatic rings. The third-order valence-corrected chi connectivity index (χ3v) is 3.49. The summed E-state index contributed by atoms with van der Waals surface area (Å²) in [5.74, 6) is -0.680. The zero-order valence-electron chi connectivity index (χ0n) is 10.5. The minimum absolute atomic E-state index is 0.256. The number of nitrogens with two attached hydrogens (primary N) is 1. The summed E-state index contributed by atoms with van der Waals surface area (Å²) in [5.41, 5.74) is 7.82. The largest absolute Gasteiger partial charge is 0.324 e. The van der Waals surface area contributed by atoms with E-state index < -0.39 is 6.04 Å². The van der Waals surface area contributed by atoms with Crippen molar-refractivity contribution in [3.8, 4) is 0 Å². The quantitative estimate of drug-likeness (QED) is 0.895. The number of hydrogen-bond acceptors (Lipinski definition) is 1. The summed E-state index contributed by atoms with van der Waals surface area (Å²) >= 11 is 3.29. The predicted molar refractivity (Wildman–Crippen MR) is 75.9 cm³/mol. The standard InChI is InChI=1S/C15H14BrF2N/c1-9-2-4-14(18)12(6-9)15(19)8-10-7-11(16)3-5-13(10)17/h2-7,15H,8,19H2,1H3. The van der Waals surface area contributed by atoms with Gasteiger partial charge in [0.15, 0.2) is 0 Å². The van der Waals surface area contributed by atoms with Gasteiger partial charge in [-0.05, 0) is 43.2 Å². The van der Waals surface area contributed by atoms with Gasteiger partial charge in [0.2, 0.25) is 0 Å². The van der Waals surface area contributed by atoms with Gasteiger partial charge in [0.1, 0.15) is 11.6 Å². The van der Waals surface area contributed by atoms with Crippen LogP contribution in [-0.4, -0.2) is 0 Å². The summed E-state index contributed by atoms with van der Waals surface area (Å²) in [6.45, 7) is 1.87. The zero-order valence-corrected chi connectivity index (χ0v) is 12.0. The number of benzene rings is 2. The second-order valence-electron chi connectivity index (χ2n) is 4.57.